The van der Waals surface area contributed by atoms with Crippen molar-refractivity contribution in [3.05, 3.63) is 28.2 Å². The maximum absolute atomic E-state index is 12.4. The van der Waals surface area contributed by atoms with Gasteiger partial charge < -0.3 is 10.4 Å². The number of allylic oxidation sites excluding steroid dienone is 2. The van der Waals surface area contributed by atoms with Crippen LogP contribution in [0.15, 0.2) is 17.5 Å². The molecule has 2 aliphatic carbocycles. The van der Waals surface area contributed by atoms with Crippen LogP contribution in [0.2, 0.25) is 0 Å². The molecular weight excluding hydrogens is 300 g/mol. The van der Waals surface area contributed by atoms with Crippen LogP contribution in [0.5, 0.6) is 0 Å². The zero-order valence-corrected chi connectivity index (χ0v) is 13.3. The summed E-state index contributed by atoms with van der Waals surface area (Å²) < 4.78 is 0. The van der Waals surface area contributed by atoms with Gasteiger partial charge in [-0.3, -0.25) is 9.59 Å². The van der Waals surface area contributed by atoms with Gasteiger partial charge in [0, 0.05) is 11.3 Å². The van der Waals surface area contributed by atoms with Gasteiger partial charge in [0.25, 0.3) is 0 Å². The number of aliphatic carboxylic acids is 1. The number of carboxylic acid groups (broad SMARTS) is 1. The Morgan fingerprint density at radius 3 is 2.64 bits per heavy atom. The molecule has 22 heavy (non-hydrogen) atoms. The second-order valence-corrected chi connectivity index (χ2v) is 7.00. The topological polar surface area (TPSA) is 79.3 Å². The van der Waals surface area contributed by atoms with Crippen LogP contribution in [-0.2, 0) is 9.59 Å². The van der Waals surface area contributed by atoms with Crippen molar-refractivity contribution in [1.82, 2.24) is 10.3 Å². The lowest BCUT2D eigenvalue weighted by Gasteiger charge is -2.25. The number of hydrogen-bond acceptors (Lipinski definition) is 4. The van der Waals surface area contributed by atoms with E-state index in [1.807, 2.05) is 24.5 Å². The lowest BCUT2D eigenvalue weighted by molar-refractivity contribution is -0.147. The smallest absolute Gasteiger partial charge is 0.307 e. The highest BCUT2D eigenvalue weighted by molar-refractivity contribution is 7.09. The molecule has 0 bridgehead atoms. The number of hydrogen-bond donors (Lipinski definition) is 2. The van der Waals surface area contributed by atoms with Gasteiger partial charge in [-0.1, -0.05) is 12.2 Å². The lowest BCUT2D eigenvalue weighted by Crippen LogP contribution is -2.39. The largest absolute Gasteiger partial charge is 0.481 e. The minimum atomic E-state index is -0.901. The summed E-state index contributed by atoms with van der Waals surface area (Å²) in [7, 11) is 0. The Hall–Kier alpha value is -1.69. The summed E-state index contributed by atoms with van der Waals surface area (Å²) in [6.45, 7) is 1.90. The highest BCUT2D eigenvalue weighted by atomic mass is 32.1. The summed E-state index contributed by atoms with van der Waals surface area (Å²) in [5, 5.41) is 15.3. The molecule has 1 heterocycles. The van der Waals surface area contributed by atoms with Crippen molar-refractivity contribution in [3.8, 4) is 0 Å². The number of carboxylic acids is 1. The highest BCUT2D eigenvalue weighted by Crippen LogP contribution is 2.41. The molecular formula is C16H20N2O3S. The molecule has 1 aromatic rings. The molecule has 6 heteroatoms. The number of amides is 1. The van der Waals surface area contributed by atoms with Crippen molar-refractivity contribution in [2.45, 2.75) is 44.6 Å². The number of aromatic nitrogens is 1. The van der Waals surface area contributed by atoms with Crippen molar-refractivity contribution in [2.24, 2.45) is 11.8 Å². The third-order valence-corrected chi connectivity index (χ3v) is 5.38. The van der Waals surface area contributed by atoms with Crippen LogP contribution >= 0.6 is 11.3 Å². The molecule has 0 spiro atoms. The average molecular weight is 320 g/mol. The maximum atomic E-state index is 12.4. The Kier molecular flexibility index (Phi) is 4.29. The fourth-order valence-electron chi connectivity index (χ4n) is 2.79. The van der Waals surface area contributed by atoms with E-state index in [1.165, 1.54) is 12.8 Å². The van der Waals surface area contributed by atoms with Crippen molar-refractivity contribution in [2.75, 3.05) is 0 Å². The van der Waals surface area contributed by atoms with E-state index in [-0.39, 0.29) is 11.9 Å². The van der Waals surface area contributed by atoms with Gasteiger partial charge >= 0.3 is 5.97 Å². The van der Waals surface area contributed by atoms with Crippen molar-refractivity contribution < 1.29 is 14.7 Å². The molecule has 1 fully saturated rings. The molecule has 3 atom stereocenters. The first kappa shape index (κ1) is 15.2. The second-order valence-electron chi connectivity index (χ2n) is 6.11. The quantitative estimate of drug-likeness (QED) is 0.818. The van der Waals surface area contributed by atoms with Crippen LogP contribution < -0.4 is 5.32 Å². The predicted molar refractivity (Wildman–Crippen MR) is 83.6 cm³/mol. The van der Waals surface area contributed by atoms with Gasteiger partial charge in [0.05, 0.1) is 28.6 Å². The highest BCUT2D eigenvalue weighted by Gasteiger charge is 2.35. The van der Waals surface area contributed by atoms with E-state index in [2.05, 4.69) is 10.3 Å². The summed E-state index contributed by atoms with van der Waals surface area (Å²) in [6.07, 6.45) is 7.06. The maximum Gasteiger partial charge on any atom is 0.307 e. The molecule has 5 nitrogen and oxygen atoms in total. The lowest BCUT2D eigenvalue weighted by atomic mass is 9.82. The van der Waals surface area contributed by atoms with E-state index in [4.69, 9.17) is 0 Å². The summed E-state index contributed by atoms with van der Waals surface area (Å²) >= 11 is 1.65. The minimum Gasteiger partial charge on any atom is -0.481 e. The molecule has 0 radical (unpaired) electrons. The van der Waals surface area contributed by atoms with Gasteiger partial charge in [-0.2, -0.15) is 0 Å². The summed E-state index contributed by atoms with van der Waals surface area (Å²) in [5.74, 6) is -1.60. The fraction of sp³-hybridized carbons (Fsp3) is 0.562. The predicted octanol–water partition coefficient (Wildman–Crippen LogP) is 2.86. The molecule has 3 rings (SSSR count). The number of carbonyl (C=O) groups excluding carboxylic acids is 1. The van der Waals surface area contributed by atoms with Crippen LogP contribution in [0, 0.1) is 11.8 Å². The van der Waals surface area contributed by atoms with Gasteiger partial charge in [-0.25, -0.2) is 4.98 Å². The normalized spacial score (nSPS) is 25.7. The molecule has 2 N–H and O–H groups in total. The Bertz CT molecular complexity index is 606. The standard InChI is InChI=1S/C16H20N2O3S/c1-9(13-8-22-15(18-13)10-6-7-10)17-14(19)11-4-2-3-5-12(11)16(20)21/h2-3,8-12H,4-7H2,1H3,(H,17,19)(H,20,21)/t9?,11-,12+/m1/s1. The minimum absolute atomic E-state index is 0.184. The van der Waals surface area contributed by atoms with Crippen LogP contribution in [0.4, 0.5) is 0 Å². The van der Waals surface area contributed by atoms with Gasteiger partial charge in [-0.05, 0) is 32.6 Å². The van der Waals surface area contributed by atoms with Crippen molar-refractivity contribution >= 4 is 23.2 Å². The zero-order chi connectivity index (χ0) is 15.7. The van der Waals surface area contributed by atoms with Gasteiger partial charge in [0.2, 0.25) is 5.91 Å². The Labute approximate surface area is 133 Å². The molecule has 1 amide bonds. The van der Waals surface area contributed by atoms with E-state index in [9.17, 15) is 14.7 Å². The Morgan fingerprint density at radius 1 is 1.32 bits per heavy atom. The molecule has 2 aliphatic rings. The van der Waals surface area contributed by atoms with E-state index in [0.29, 0.717) is 18.8 Å². The number of nitrogens with one attached hydrogen (secondary N) is 1. The fourth-order valence-corrected chi connectivity index (χ4v) is 3.87. The molecule has 0 saturated heterocycles. The first-order valence-corrected chi connectivity index (χ1v) is 8.57. The van der Waals surface area contributed by atoms with Crippen molar-refractivity contribution in [3.63, 3.8) is 0 Å². The first-order chi connectivity index (χ1) is 10.6. The SMILES string of the molecule is CC(NC(=O)[C@@H]1CC=CC[C@@H]1C(=O)O)c1csc(C2CC2)n1. The van der Waals surface area contributed by atoms with E-state index >= 15 is 0 Å². The van der Waals surface area contributed by atoms with E-state index in [0.717, 1.165) is 10.7 Å². The van der Waals surface area contributed by atoms with E-state index < -0.39 is 17.8 Å². The number of nitrogens with zero attached hydrogens (tertiary/aromatic N) is 1. The third kappa shape index (κ3) is 3.21. The van der Waals surface area contributed by atoms with Crippen LogP contribution in [0.3, 0.4) is 0 Å². The molecule has 1 saturated carbocycles. The molecule has 0 aliphatic heterocycles. The third-order valence-electron chi connectivity index (χ3n) is 4.36. The van der Waals surface area contributed by atoms with Gasteiger partial charge in [0.1, 0.15) is 0 Å². The average Bonchev–Trinajstić information content (AvgIpc) is 3.24. The Balaban J connectivity index is 1.64. The molecule has 118 valence electrons. The van der Waals surface area contributed by atoms with Crippen LogP contribution in [-0.4, -0.2) is 22.0 Å². The second kappa shape index (κ2) is 6.20. The van der Waals surface area contributed by atoms with Crippen molar-refractivity contribution in [1.29, 1.82) is 0 Å². The summed E-state index contributed by atoms with van der Waals surface area (Å²) in [4.78, 5) is 28.3. The molecule has 1 unspecified atom stereocenters. The summed E-state index contributed by atoms with van der Waals surface area (Å²) in [5.41, 5.74) is 0.874. The number of thiazole rings is 1. The number of carbonyl (C=O) groups is 2. The van der Waals surface area contributed by atoms with Crippen LogP contribution in [0.25, 0.3) is 0 Å². The Morgan fingerprint density at radius 2 is 2.00 bits per heavy atom. The van der Waals surface area contributed by atoms with E-state index in [1.54, 1.807) is 11.3 Å². The van der Waals surface area contributed by atoms with Gasteiger partial charge in [0.15, 0.2) is 0 Å². The molecule has 0 aromatic carbocycles. The van der Waals surface area contributed by atoms with Crippen LogP contribution in [0.1, 0.15) is 55.3 Å². The summed E-state index contributed by atoms with van der Waals surface area (Å²) in [6, 6.07) is -0.184. The first-order valence-electron chi connectivity index (χ1n) is 7.69. The molecule has 1 aromatic heterocycles. The zero-order valence-electron chi connectivity index (χ0n) is 12.5. The monoisotopic (exact) mass is 320 g/mol. The van der Waals surface area contributed by atoms with Gasteiger partial charge in [-0.15, -0.1) is 11.3 Å². The number of rotatable bonds is 5.